The minimum Gasteiger partial charge on any atom is -0.462 e. The third kappa shape index (κ3) is 9.12. The van der Waals surface area contributed by atoms with Gasteiger partial charge in [0.15, 0.2) is 0 Å². The van der Waals surface area contributed by atoms with Crippen molar-refractivity contribution < 1.29 is 33.3 Å². The molecule has 3 rings (SSSR count). The summed E-state index contributed by atoms with van der Waals surface area (Å²) >= 11 is 0. The van der Waals surface area contributed by atoms with E-state index >= 15 is 0 Å². The van der Waals surface area contributed by atoms with E-state index < -0.39 is 18.1 Å². The predicted molar refractivity (Wildman–Crippen MR) is 139 cm³/mol. The first-order valence-corrected chi connectivity index (χ1v) is 12.5. The van der Waals surface area contributed by atoms with Crippen LogP contribution < -0.4 is 11.1 Å². The summed E-state index contributed by atoms with van der Waals surface area (Å²) in [5.74, 6) is -0.621. The molecule has 3 N–H and O–H groups in total. The van der Waals surface area contributed by atoms with Crippen molar-refractivity contribution >= 4 is 12.1 Å². The lowest BCUT2D eigenvalue weighted by Crippen LogP contribution is -2.43. The minimum atomic E-state index is -0.616. The molecule has 1 aliphatic rings. The van der Waals surface area contributed by atoms with E-state index in [-0.39, 0.29) is 37.9 Å². The van der Waals surface area contributed by atoms with E-state index in [0.29, 0.717) is 26.4 Å². The molecule has 2 aromatic rings. The third-order valence-electron chi connectivity index (χ3n) is 5.73. The zero-order chi connectivity index (χ0) is 26.7. The Balaban J connectivity index is 1.46. The number of carbonyl (C=O) groups excluding carboxylic acids is 2. The molecular formula is C28H38N2O7. The van der Waals surface area contributed by atoms with Crippen molar-refractivity contribution in [1.29, 1.82) is 0 Å². The Hall–Kier alpha value is -2.98. The maximum Gasteiger partial charge on any atom is 0.407 e. The summed E-state index contributed by atoms with van der Waals surface area (Å²) in [6.07, 6.45) is -0.616. The molecule has 0 radical (unpaired) electrons. The van der Waals surface area contributed by atoms with E-state index in [1.54, 1.807) is 0 Å². The number of nitrogens with one attached hydrogen (secondary N) is 1. The Morgan fingerprint density at radius 1 is 0.865 bits per heavy atom. The fraction of sp³-hybridized carbons (Fsp3) is 0.500. The molecule has 202 valence electrons. The van der Waals surface area contributed by atoms with Crippen LogP contribution in [0.5, 0.6) is 0 Å². The molecule has 0 fully saturated rings. The van der Waals surface area contributed by atoms with Crippen molar-refractivity contribution in [1.82, 2.24) is 5.32 Å². The lowest BCUT2D eigenvalue weighted by atomic mass is 9.98. The molecule has 0 saturated carbocycles. The molecule has 9 heteroatoms. The van der Waals surface area contributed by atoms with Crippen LogP contribution in [0.15, 0.2) is 48.5 Å². The highest BCUT2D eigenvalue weighted by Gasteiger charge is 2.29. The first-order valence-electron chi connectivity index (χ1n) is 12.5. The van der Waals surface area contributed by atoms with E-state index in [0.717, 1.165) is 22.3 Å². The molecule has 1 aliphatic carbocycles. The Morgan fingerprint density at radius 3 is 2.08 bits per heavy atom. The lowest BCUT2D eigenvalue weighted by Gasteiger charge is -2.20. The number of alkyl carbamates (subject to hydrolysis) is 1. The van der Waals surface area contributed by atoms with Crippen LogP contribution in [0.4, 0.5) is 4.79 Å². The molecule has 37 heavy (non-hydrogen) atoms. The summed E-state index contributed by atoms with van der Waals surface area (Å²) in [5.41, 5.74) is 9.66. The highest BCUT2D eigenvalue weighted by Crippen LogP contribution is 2.44. The third-order valence-corrected chi connectivity index (χ3v) is 5.73. The van der Waals surface area contributed by atoms with Gasteiger partial charge >= 0.3 is 12.1 Å². The Labute approximate surface area is 218 Å². The molecule has 0 aliphatic heterocycles. The van der Waals surface area contributed by atoms with Gasteiger partial charge in [0.25, 0.3) is 0 Å². The van der Waals surface area contributed by atoms with E-state index in [4.69, 9.17) is 29.4 Å². The molecule has 2 aromatic carbocycles. The van der Waals surface area contributed by atoms with Crippen molar-refractivity contribution in [2.45, 2.75) is 38.3 Å². The number of rotatable bonds is 14. The van der Waals surface area contributed by atoms with Gasteiger partial charge in [0.2, 0.25) is 0 Å². The zero-order valence-corrected chi connectivity index (χ0v) is 21.9. The summed E-state index contributed by atoms with van der Waals surface area (Å²) in [5, 5.41) is 2.73. The van der Waals surface area contributed by atoms with Crippen LogP contribution in [-0.2, 0) is 28.5 Å². The molecule has 0 heterocycles. The van der Waals surface area contributed by atoms with Gasteiger partial charge in [0, 0.05) is 5.92 Å². The van der Waals surface area contributed by atoms with Gasteiger partial charge in [-0.3, -0.25) is 4.79 Å². The number of hydrogen-bond acceptors (Lipinski definition) is 8. The molecule has 1 unspecified atom stereocenters. The van der Waals surface area contributed by atoms with Gasteiger partial charge in [-0.2, -0.15) is 0 Å². The molecule has 1 amide bonds. The Bertz CT molecular complexity index is 976. The van der Waals surface area contributed by atoms with Crippen molar-refractivity contribution in [2.24, 2.45) is 5.73 Å². The average molecular weight is 515 g/mol. The van der Waals surface area contributed by atoms with Crippen LogP contribution in [0, 0.1) is 0 Å². The number of esters is 1. The standard InChI is InChI=1S/C28H38N2O7/c1-28(2,3)37-15-14-33-12-13-34-17-20(18-35-26(31)16-29)30-27(32)36-19-25-23-10-6-4-8-21(23)22-9-5-7-11-24(22)25/h4-11,20,25H,12-19,29H2,1-3H3,(H,30,32). The van der Waals surface area contributed by atoms with Crippen LogP contribution in [0.1, 0.15) is 37.8 Å². The van der Waals surface area contributed by atoms with Crippen molar-refractivity contribution in [3.05, 3.63) is 59.7 Å². The average Bonchev–Trinajstić information content (AvgIpc) is 3.20. The van der Waals surface area contributed by atoms with Crippen LogP contribution >= 0.6 is 0 Å². The number of fused-ring (bicyclic) bond motifs is 3. The van der Waals surface area contributed by atoms with Gasteiger partial charge in [0.05, 0.1) is 51.2 Å². The van der Waals surface area contributed by atoms with Gasteiger partial charge < -0.3 is 34.7 Å². The predicted octanol–water partition coefficient (Wildman–Crippen LogP) is 3.24. The smallest absolute Gasteiger partial charge is 0.407 e. The maximum atomic E-state index is 12.6. The summed E-state index contributed by atoms with van der Waals surface area (Å²) in [4.78, 5) is 24.2. The van der Waals surface area contributed by atoms with E-state index in [2.05, 4.69) is 29.6 Å². The normalized spacial score (nSPS) is 13.5. The van der Waals surface area contributed by atoms with Gasteiger partial charge in [-0.25, -0.2) is 4.79 Å². The quantitative estimate of drug-likeness (QED) is 0.291. The van der Waals surface area contributed by atoms with E-state index in [1.165, 1.54) is 0 Å². The largest absolute Gasteiger partial charge is 0.462 e. The molecule has 0 saturated heterocycles. The fourth-order valence-electron chi connectivity index (χ4n) is 4.04. The number of nitrogens with two attached hydrogens (primary N) is 1. The highest BCUT2D eigenvalue weighted by molar-refractivity contribution is 5.79. The van der Waals surface area contributed by atoms with Gasteiger partial charge in [0.1, 0.15) is 13.2 Å². The molecule has 1 atom stereocenters. The SMILES string of the molecule is CC(C)(C)OCCOCCOCC(COC(=O)CN)NC(=O)OCC1c2ccccc2-c2ccccc21. The summed E-state index contributed by atoms with van der Waals surface area (Å²) in [6.45, 7) is 7.54. The number of amides is 1. The highest BCUT2D eigenvalue weighted by atomic mass is 16.6. The summed E-state index contributed by atoms with van der Waals surface area (Å²) < 4.78 is 27.4. The first-order chi connectivity index (χ1) is 17.8. The van der Waals surface area contributed by atoms with Gasteiger partial charge in [-0.1, -0.05) is 48.5 Å². The Morgan fingerprint density at radius 2 is 1.46 bits per heavy atom. The topological polar surface area (TPSA) is 118 Å². The first kappa shape index (κ1) is 28.6. The van der Waals surface area contributed by atoms with Crippen molar-refractivity contribution in [3.63, 3.8) is 0 Å². The number of ether oxygens (including phenoxy) is 5. The van der Waals surface area contributed by atoms with Crippen molar-refractivity contribution in [2.75, 3.05) is 52.8 Å². The van der Waals surface area contributed by atoms with Crippen LogP contribution in [0.3, 0.4) is 0 Å². The Kier molecular flexibility index (Phi) is 10.9. The molecule has 0 spiro atoms. The van der Waals surface area contributed by atoms with Crippen molar-refractivity contribution in [3.8, 4) is 11.1 Å². The van der Waals surface area contributed by atoms with Crippen LogP contribution in [0.25, 0.3) is 11.1 Å². The molecule has 0 aromatic heterocycles. The second kappa shape index (κ2) is 14.1. The van der Waals surface area contributed by atoms with E-state index in [1.807, 2.05) is 45.0 Å². The lowest BCUT2D eigenvalue weighted by molar-refractivity contribution is -0.143. The monoisotopic (exact) mass is 514 g/mol. The van der Waals surface area contributed by atoms with Crippen LogP contribution in [0.2, 0.25) is 0 Å². The number of benzene rings is 2. The van der Waals surface area contributed by atoms with Crippen LogP contribution in [-0.4, -0.2) is 76.5 Å². The number of hydrogen-bond donors (Lipinski definition) is 2. The minimum absolute atomic E-state index is 0.0534. The maximum absolute atomic E-state index is 12.6. The summed E-state index contributed by atoms with van der Waals surface area (Å²) in [7, 11) is 0. The molecule has 0 bridgehead atoms. The second-order valence-corrected chi connectivity index (χ2v) is 9.70. The second-order valence-electron chi connectivity index (χ2n) is 9.70. The zero-order valence-electron chi connectivity index (χ0n) is 21.9. The van der Waals surface area contributed by atoms with E-state index in [9.17, 15) is 9.59 Å². The van der Waals surface area contributed by atoms with Gasteiger partial charge in [-0.05, 0) is 43.0 Å². The van der Waals surface area contributed by atoms with Gasteiger partial charge in [-0.15, -0.1) is 0 Å². The number of carbonyl (C=O) groups is 2. The molecular weight excluding hydrogens is 476 g/mol. The molecule has 9 nitrogen and oxygen atoms in total. The fourth-order valence-corrected chi connectivity index (χ4v) is 4.04. The summed E-state index contributed by atoms with van der Waals surface area (Å²) in [6, 6.07) is 15.6.